The van der Waals surface area contributed by atoms with E-state index in [1.807, 2.05) is 17.0 Å². The molecule has 2 aromatic rings. The van der Waals surface area contributed by atoms with Gasteiger partial charge in [0.2, 0.25) is 0 Å². The van der Waals surface area contributed by atoms with Gasteiger partial charge in [-0.05, 0) is 43.0 Å². The number of hydrogen-bond donors (Lipinski definition) is 2. The standard InChI is InChI=1S/C22H28N4O4/c1-25-9-11-26(12-10-25)22(28)18(13-16-5-4-8-23-15-16)24-21(27)17-6-7-19(29-2)20(14-17)30-3/h4-8,13-15,22,28H,9-12H2,1-3H3,(H,24,27)/b18-13+. The fourth-order valence-electron chi connectivity index (χ4n) is 3.26. The van der Waals surface area contributed by atoms with E-state index in [0.29, 0.717) is 35.8 Å². The van der Waals surface area contributed by atoms with Crippen LogP contribution in [0.2, 0.25) is 0 Å². The van der Waals surface area contributed by atoms with Gasteiger partial charge in [0.25, 0.3) is 5.91 Å². The number of hydrogen-bond acceptors (Lipinski definition) is 7. The van der Waals surface area contributed by atoms with E-state index in [2.05, 4.69) is 22.2 Å². The Hall–Kier alpha value is -2.94. The zero-order valence-corrected chi connectivity index (χ0v) is 17.5. The maximum atomic E-state index is 13.0. The van der Waals surface area contributed by atoms with Crippen LogP contribution in [0.3, 0.4) is 0 Å². The largest absolute Gasteiger partial charge is 0.493 e. The van der Waals surface area contributed by atoms with E-state index in [-0.39, 0.29) is 5.91 Å². The van der Waals surface area contributed by atoms with Crippen molar-refractivity contribution in [3.05, 3.63) is 59.5 Å². The van der Waals surface area contributed by atoms with Crippen molar-refractivity contribution in [3.8, 4) is 11.5 Å². The Labute approximate surface area is 176 Å². The number of nitrogens with zero attached hydrogens (tertiary/aromatic N) is 3. The van der Waals surface area contributed by atoms with Crippen LogP contribution < -0.4 is 14.8 Å². The van der Waals surface area contributed by atoms with Gasteiger partial charge in [0.05, 0.1) is 19.9 Å². The quantitative estimate of drug-likeness (QED) is 0.712. The zero-order chi connectivity index (χ0) is 21.5. The third-order valence-corrected chi connectivity index (χ3v) is 5.07. The molecule has 8 nitrogen and oxygen atoms in total. The zero-order valence-electron chi connectivity index (χ0n) is 17.5. The normalized spacial score (nSPS) is 16.7. The number of benzene rings is 1. The molecule has 3 rings (SSSR count). The van der Waals surface area contributed by atoms with Gasteiger partial charge in [-0.1, -0.05) is 6.07 Å². The number of aliphatic hydroxyl groups is 1. The number of ether oxygens (including phenoxy) is 2. The summed E-state index contributed by atoms with van der Waals surface area (Å²) in [6.45, 7) is 3.10. The van der Waals surface area contributed by atoms with Crippen LogP contribution in [-0.4, -0.2) is 79.5 Å². The fraction of sp³-hybridized carbons (Fsp3) is 0.364. The first kappa shape index (κ1) is 21.8. The van der Waals surface area contributed by atoms with E-state index in [1.54, 1.807) is 43.8 Å². The Kier molecular flexibility index (Phi) is 7.40. The predicted molar refractivity (Wildman–Crippen MR) is 114 cm³/mol. The van der Waals surface area contributed by atoms with Gasteiger partial charge >= 0.3 is 0 Å². The molecule has 1 aliphatic rings. The van der Waals surface area contributed by atoms with Gasteiger partial charge in [0, 0.05) is 44.1 Å². The monoisotopic (exact) mass is 412 g/mol. The Morgan fingerprint density at radius 1 is 1.17 bits per heavy atom. The predicted octanol–water partition coefficient (Wildman–Crippen LogP) is 1.44. The first-order valence-corrected chi connectivity index (χ1v) is 9.77. The van der Waals surface area contributed by atoms with Crippen molar-refractivity contribution < 1.29 is 19.4 Å². The maximum absolute atomic E-state index is 13.0. The molecule has 1 aromatic heterocycles. The summed E-state index contributed by atoms with van der Waals surface area (Å²) in [6, 6.07) is 8.61. The fourth-order valence-corrected chi connectivity index (χ4v) is 3.26. The third-order valence-electron chi connectivity index (χ3n) is 5.07. The number of pyridine rings is 1. The van der Waals surface area contributed by atoms with E-state index in [0.717, 1.165) is 18.7 Å². The second-order valence-corrected chi connectivity index (χ2v) is 7.12. The molecule has 1 aromatic carbocycles. The van der Waals surface area contributed by atoms with Crippen LogP contribution in [0.5, 0.6) is 11.5 Å². The third kappa shape index (κ3) is 5.35. The Balaban J connectivity index is 1.85. The second kappa shape index (κ2) is 10.2. The van der Waals surface area contributed by atoms with Crippen molar-refractivity contribution in [2.45, 2.75) is 6.23 Å². The molecular weight excluding hydrogens is 384 g/mol. The summed E-state index contributed by atoms with van der Waals surface area (Å²) >= 11 is 0. The molecule has 0 radical (unpaired) electrons. The molecule has 1 aliphatic heterocycles. The summed E-state index contributed by atoms with van der Waals surface area (Å²) in [5, 5.41) is 13.9. The molecule has 160 valence electrons. The highest BCUT2D eigenvalue weighted by atomic mass is 16.5. The molecule has 0 saturated carbocycles. The number of piperazine rings is 1. The number of amides is 1. The van der Waals surface area contributed by atoms with Crippen LogP contribution >= 0.6 is 0 Å². The van der Waals surface area contributed by atoms with Gasteiger partial charge in [-0.25, -0.2) is 0 Å². The van der Waals surface area contributed by atoms with Crippen molar-refractivity contribution in [2.24, 2.45) is 0 Å². The Bertz CT molecular complexity index is 880. The lowest BCUT2D eigenvalue weighted by Gasteiger charge is -2.36. The topological polar surface area (TPSA) is 87.2 Å². The summed E-state index contributed by atoms with van der Waals surface area (Å²) < 4.78 is 10.5. The van der Waals surface area contributed by atoms with Gasteiger partial charge in [0.1, 0.15) is 6.23 Å². The molecule has 30 heavy (non-hydrogen) atoms. The van der Waals surface area contributed by atoms with E-state index in [1.165, 1.54) is 7.11 Å². The number of carbonyl (C=O) groups is 1. The molecule has 0 aliphatic carbocycles. The molecule has 1 fully saturated rings. The lowest BCUT2D eigenvalue weighted by molar-refractivity contribution is 0.000290. The van der Waals surface area contributed by atoms with Gasteiger partial charge in [0.15, 0.2) is 11.5 Å². The van der Waals surface area contributed by atoms with Crippen LogP contribution in [0.1, 0.15) is 15.9 Å². The molecule has 2 heterocycles. The summed E-state index contributed by atoms with van der Waals surface area (Å²) in [5.41, 5.74) is 1.58. The number of likely N-dealkylation sites (N-methyl/N-ethyl adjacent to an activating group) is 1. The summed E-state index contributed by atoms with van der Waals surface area (Å²) in [7, 11) is 5.11. The summed E-state index contributed by atoms with van der Waals surface area (Å²) in [6.07, 6.45) is 4.16. The highest BCUT2D eigenvalue weighted by molar-refractivity contribution is 5.96. The minimum atomic E-state index is -0.942. The summed E-state index contributed by atoms with van der Waals surface area (Å²) in [5.74, 6) is 0.652. The minimum absolute atomic E-state index is 0.348. The molecule has 1 saturated heterocycles. The second-order valence-electron chi connectivity index (χ2n) is 7.12. The van der Waals surface area contributed by atoms with Crippen molar-refractivity contribution in [1.29, 1.82) is 0 Å². The lowest BCUT2D eigenvalue weighted by atomic mass is 10.1. The van der Waals surface area contributed by atoms with E-state index < -0.39 is 6.23 Å². The van der Waals surface area contributed by atoms with E-state index >= 15 is 0 Å². The average molecular weight is 412 g/mol. The molecular formula is C22H28N4O4. The van der Waals surface area contributed by atoms with E-state index in [4.69, 9.17) is 9.47 Å². The number of aliphatic hydroxyl groups excluding tert-OH is 1. The number of nitrogens with one attached hydrogen (secondary N) is 1. The molecule has 8 heteroatoms. The highest BCUT2D eigenvalue weighted by Crippen LogP contribution is 2.27. The van der Waals surface area contributed by atoms with Crippen molar-refractivity contribution in [1.82, 2.24) is 20.1 Å². The molecule has 2 N–H and O–H groups in total. The Morgan fingerprint density at radius 3 is 2.53 bits per heavy atom. The molecule has 0 spiro atoms. The lowest BCUT2D eigenvalue weighted by Crippen LogP contribution is -2.51. The smallest absolute Gasteiger partial charge is 0.255 e. The van der Waals surface area contributed by atoms with Crippen LogP contribution in [0.25, 0.3) is 6.08 Å². The van der Waals surface area contributed by atoms with Gasteiger partial charge in [-0.3, -0.25) is 14.7 Å². The van der Waals surface area contributed by atoms with Crippen molar-refractivity contribution >= 4 is 12.0 Å². The maximum Gasteiger partial charge on any atom is 0.255 e. The van der Waals surface area contributed by atoms with Crippen LogP contribution in [0, 0.1) is 0 Å². The van der Waals surface area contributed by atoms with Gasteiger partial charge < -0.3 is 24.8 Å². The first-order valence-electron chi connectivity index (χ1n) is 9.77. The summed E-state index contributed by atoms with van der Waals surface area (Å²) in [4.78, 5) is 21.2. The average Bonchev–Trinajstić information content (AvgIpc) is 2.78. The number of rotatable bonds is 7. The van der Waals surface area contributed by atoms with Gasteiger partial charge in [-0.15, -0.1) is 0 Å². The van der Waals surface area contributed by atoms with Crippen molar-refractivity contribution in [2.75, 3.05) is 47.4 Å². The first-order chi connectivity index (χ1) is 14.5. The number of carbonyl (C=O) groups excluding carboxylic acids is 1. The molecule has 1 amide bonds. The van der Waals surface area contributed by atoms with Crippen LogP contribution in [-0.2, 0) is 0 Å². The van der Waals surface area contributed by atoms with Crippen LogP contribution in [0.15, 0.2) is 48.4 Å². The Morgan fingerprint density at radius 2 is 1.90 bits per heavy atom. The molecule has 1 atom stereocenters. The SMILES string of the molecule is COc1ccc(C(=O)N/C(=C/c2cccnc2)C(O)N2CCN(C)CC2)cc1OC. The van der Waals surface area contributed by atoms with E-state index in [9.17, 15) is 9.90 Å². The van der Waals surface area contributed by atoms with Crippen LogP contribution in [0.4, 0.5) is 0 Å². The highest BCUT2D eigenvalue weighted by Gasteiger charge is 2.25. The van der Waals surface area contributed by atoms with Crippen molar-refractivity contribution in [3.63, 3.8) is 0 Å². The molecule has 0 bridgehead atoms. The number of aromatic nitrogens is 1. The van der Waals surface area contributed by atoms with Gasteiger partial charge in [-0.2, -0.15) is 0 Å². The minimum Gasteiger partial charge on any atom is -0.493 e. The number of methoxy groups -OCH3 is 2. The molecule has 1 unspecified atom stereocenters.